The fourth-order valence-electron chi connectivity index (χ4n) is 3.54. The van der Waals surface area contributed by atoms with Crippen LogP contribution in [0.15, 0.2) is 41.3 Å². The van der Waals surface area contributed by atoms with Gasteiger partial charge in [0.25, 0.3) is 0 Å². The topological polar surface area (TPSA) is 66.5 Å². The van der Waals surface area contributed by atoms with Crippen molar-refractivity contribution in [1.29, 1.82) is 0 Å². The molecule has 2 atom stereocenters. The van der Waals surface area contributed by atoms with E-state index in [0.717, 1.165) is 31.2 Å². The first-order chi connectivity index (χ1) is 12.0. The third-order valence-corrected chi connectivity index (χ3v) is 7.00. The minimum Gasteiger partial charge on any atom is -0.354 e. The molecule has 1 aromatic rings. The lowest BCUT2D eigenvalue weighted by Gasteiger charge is -2.25. The standard InChI is InChI=1S/C19H26N2O3S/c1-15-9-11-17(12-10-15)25(23,24)21-13-5-8-18(21)19(22)20-14-16-6-3-2-4-7-16/h2-3,9-12,16,18H,4-8,13-14H2,1H3,(H,20,22)/t16?,18-/m0/s1. The van der Waals surface area contributed by atoms with Gasteiger partial charge in [0.1, 0.15) is 6.04 Å². The molecule has 1 amide bonds. The third kappa shape index (κ3) is 4.12. The highest BCUT2D eigenvalue weighted by Crippen LogP contribution is 2.26. The van der Waals surface area contributed by atoms with Crippen LogP contribution in [0.25, 0.3) is 0 Å². The highest BCUT2D eigenvalue weighted by atomic mass is 32.2. The quantitative estimate of drug-likeness (QED) is 0.819. The van der Waals surface area contributed by atoms with Gasteiger partial charge in [-0.3, -0.25) is 4.79 Å². The van der Waals surface area contributed by atoms with Gasteiger partial charge in [-0.05, 0) is 57.1 Å². The van der Waals surface area contributed by atoms with Crippen molar-refractivity contribution in [2.75, 3.05) is 13.1 Å². The van der Waals surface area contributed by atoms with Crippen molar-refractivity contribution in [3.63, 3.8) is 0 Å². The van der Waals surface area contributed by atoms with Gasteiger partial charge in [0.15, 0.2) is 0 Å². The Balaban J connectivity index is 1.67. The number of aryl methyl sites for hydroxylation is 1. The maximum atomic E-state index is 12.9. The Kier molecular flexibility index (Phi) is 5.59. The Bertz CT molecular complexity index is 740. The number of allylic oxidation sites excluding steroid dienone is 2. The molecule has 0 aromatic heterocycles. The van der Waals surface area contributed by atoms with Crippen LogP contribution in [-0.2, 0) is 14.8 Å². The number of rotatable bonds is 5. The molecule has 1 unspecified atom stereocenters. The molecule has 136 valence electrons. The molecule has 25 heavy (non-hydrogen) atoms. The first kappa shape index (κ1) is 18.1. The summed E-state index contributed by atoms with van der Waals surface area (Å²) in [6.45, 7) is 2.95. The minimum absolute atomic E-state index is 0.164. The Morgan fingerprint density at radius 2 is 1.96 bits per heavy atom. The predicted octanol–water partition coefficient (Wildman–Crippen LogP) is 2.62. The zero-order valence-corrected chi connectivity index (χ0v) is 15.5. The number of carbonyl (C=O) groups excluding carboxylic acids is 1. The Labute approximate surface area is 150 Å². The van der Waals surface area contributed by atoms with Crippen LogP contribution >= 0.6 is 0 Å². The molecule has 1 heterocycles. The summed E-state index contributed by atoms with van der Waals surface area (Å²) in [5, 5.41) is 2.98. The highest BCUT2D eigenvalue weighted by molar-refractivity contribution is 7.89. The number of carbonyl (C=O) groups is 1. The summed E-state index contributed by atoms with van der Waals surface area (Å²) in [5.41, 5.74) is 1.01. The monoisotopic (exact) mass is 362 g/mol. The Hall–Kier alpha value is -1.66. The van der Waals surface area contributed by atoms with Crippen molar-refractivity contribution >= 4 is 15.9 Å². The summed E-state index contributed by atoms with van der Waals surface area (Å²) in [5.74, 6) is 0.292. The zero-order valence-electron chi connectivity index (χ0n) is 14.6. The molecule has 3 rings (SSSR count). The average molecular weight is 362 g/mol. The van der Waals surface area contributed by atoms with Gasteiger partial charge < -0.3 is 5.32 Å². The Morgan fingerprint density at radius 3 is 2.64 bits per heavy atom. The fraction of sp³-hybridized carbons (Fsp3) is 0.526. The number of hydrogen-bond acceptors (Lipinski definition) is 3. The molecular weight excluding hydrogens is 336 g/mol. The van der Waals surface area contributed by atoms with E-state index in [4.69, 9.17) is 0 Å². The van der Waals surface area contributed by atoms with Crippen LogP contribution in [0, 0.1) is 12.8 Å². The third-order valence-electron chi connectivity index (χ3n) is 5.08. The largest absolute Gasteiger partial charge is 0.354 e. The number of hydrogen-bond donors (Lipinski definition) is 1. The summed E-state index contributed by atoms with van der Waals surface area (Å²) in [6, 6.07) is 6.22. The summed E-state index contributed by atoms with van der Waals surface area (Å²) < 4.78 is 27.2. The van der Waals surface area contributed by atoms with Gasteiger partial charge >= 0.3 is 0 Å². The molecule has 1 aliphatic heterocycles. The number of sulfonamides is 1. The van der Waals surface area contributed by atoms with Crippen molar-refractivity contribution in [3.05, 3.63) is 42.0 Å². The van der Waals surface area contributed by atoms with E-state index in [9.17, 15) is 13.2 Å². The molecule has 5 nitrogen and oxygen atoms in total. The van der Waals surface area contributed by atoms with Gasteiger partial charge in [-0.1, -0.05) is 29.8 Å². The summed E-state index contributed by atoms with van der Waals surface area (Å²) in [7, 11) is -3.63. The van der Waals surface area contributed by atoms with Gasteiger partial charge in [0.2, 0.25) is 15.9 Å². The van der Waals surface area contributed by atoms with E-state index in [0.29, 0.717) is 25.4 Å². The summed E-state index contributed by atoms with van der Waals surface area (Å²) in [6.07, 6.45) is 8.74. The fourth-order valence-corrected chi connectivity index (χ4v) is 5.20. The predicted molar refractivity (Wildman–Crippen MR) is 97.6 cm³/mol. The minimum atomic E-state index is -3.63. The molecule has 2 aliphatic rings. The van der Waals surface area contributed by atoms with Gasteiger partial charge in [0, 0.05) is 13.1 Å². The molecule has 1 saturated heterocycles. The van der Waals surface area contributed by atoms with Crippen LogP contribution in [0.5, 0.6) is 0 Å². The maximum Gasteiger partial charge on any atom is 0.243 e. The smallest absolute Gasteiger partial charge is 0.243 e. The van der Waals surface area contributed by atoms with Crippen molar-refractivity contribution in [3.8, 4) is 0 Å². The van der Waals surface area contributed by atoms with E-state index in [1.807, 2.05) is 6.92 Å². The molecule has 1 fully saturated rings. The van der Waals surface area contributed by atoms with E-state index >= 15 is 0 Å². The zero-order chi connectivity index (χ0) is 17.9. The van der Waals surface area contributed by atoms with Gasteiger partial charge in [-0.25, -0.2) is 8.42 Å². The van der Waals surface area contributed by atoms with Crippen LogP contribution < -0.4 is 5.32 Å². The van der Waals surface area contributed by atoms with Crippen LogP contribution in [0.2, 0.25) is 0 Å². The van der Waals surface area contributed by atoms with Gasteiger partial charge in [0.05, 0.1) is 4.90 Å². The lowest BCUT2D eigenvalue weighted by molar-refractivity contribution is -0.124. The van der Waals surface area contributed by atoms with Crippen LogP contribution in [0.1, 0.15) is 37.7 Å². The van der Waals surface area contributed by atoms with E-state index in [1.54, 1.807) is 24.3 Å². The molecule has 1 N–H and O–H groups in total. The lowest BCUT2D eigenvalue weighted by atomic mass is 9.94. The average Bonchev–Trinajstić information content (AvgIpc) is 3.12. The molecule has 6 heteroatoms. The van der Waals surface area contributed by atoms with Crippen LogP contribution in [-0.4, -0.2) is 37.8 Å². The summed E-state index contributed by atoms with van der Waals surface area (Å²) >= 11 is 0. The molecule has 1 aromatic carbocycles. The van der Waals surface area contributed by atoms with Gasteiger partial charge in [-0.15, -0.1) is 0 Å². The van der Waals surface area contributed by atoms with E-state index in [2.05, 4.69) is 17.5 Å². The SMILES string of the molecule is Cc1ccc(S(=O)(=O)N2CCC[C@H]2C(=O)NCC2CC=CCC2)cc1. The molecule has 1 aliphatic carbocycles. The molecule has 0 bridgehead atoms. The molecule has 0 saturated carbocycles. The first-order valence-electron chi connectivity index (χ1n) is 9.00. The Morgan fingerprint density at radius 1 is 1.20 bits per heavy atom. The van der Waals surface area contributed by atoms with Gasteiger partial charge in [-0.2, -0.15) is 4.31 Å². The lowest BCUT2D eigenvalue weighted by Crippen LogP contribution is -2.46. The van der Waals surface area contributed by atoms with Crippen molar-refractivity contribution in [2.45, 2.75) is 50.0 Å². The van der Waals surface area contributed by atoms with Crippen molar-refractivity contribution < 1.29 is 13.2 Å². The number of nitrogens with one attached hydrogen (secondary N) is 1. The maximum absolute atomic E-state index is 12.9. The van der Waals surface area contributed by atoms with Crippen LogP contribution in [0.3, 0.4) is 0 Å². The van der Waals surface area contributed by atoms with Crippen LogP contribution in [0.4, 0.5) is 0 Å². The second-order valence-electron chi connectivity index (χ2n) is 6.98. The molecule has 0 radical (unpaired) electrons. The van der Waals surface area contributed by atoms with Crippen molar-refractivity contribution in [1.82, 2.24) is 9.62 Å². The highest BCUT2D eigenvalue weighted by Gasteiger charge is 2.39. The summed E-state index contributed by atoms with van der Waals surface area (Å²) in [4.78, 5) is 12.9. The normalized spacial score (nSPS) is 24.4. The second-order valence-corrected chi connectivity index (χ2v) is 8.87. The van der Waals surface area contributed by atoms with E-state index < -0.39 is 16.1 Å². The molecular formula is C19H26N2O3S. The number of benzene rings is 1. The first-order valence-corrected chi connectivity index (χ1v) is 10.4. The second kappa shape index (κ2) is 7.70. The number of nitrogens with zero attached hydrogens (tertiary/aromatic N) is 1. The van der Waals surface area contributed by atoms with E-state index in [1.165, 1.54) is 4.31 Å². The number of amides is 1. The molecule has 0 spiro atoms. The van der Waals surface area contributed by atoms with Crippen molar-refractivity contribution in [2.24, 2.45) is 5.92 Å². The van der Waals surface area contributed by atoms with E-state index in [-0.39, 0.29) is 10.8 Å².